The van der Waals surface area contributed by atoms with Gasteiger partial charge in [-0.15, -0.1) is 0 Å². The summed E-state index contributed by atoms with van der Waals surface area (Å²) in [7, 11) is 0. The lowest BCUT2D eigenvalue weighted by molar-refractivity contribution is 0.728. The largest absolute Gasteiger partial charge is 0.151 e. The molecule has 0 aromatic heterocycles. The molecule has 0 bridgehead atoms. The highest BCUT2D eigenvalue weighted by Gasteiger charge is 1.84. The molecule has 19 heavy (non-hydrogen) atoms. The Hall–Kier alpha value is -1.18. The van der Waals surface area contributed by atoms with Crippen LogP contribution in [0.4, 0.5) is 0 Å². The lowest BCUT2D eigenvalue weighted by atomic mass is 10.2. The number of nitroso groups, excluding NO2 is 1. The van der Waals surface area contributed by atoms with Gasteiger partial charge in [-0.2, -0.15) is 4.91 Å². The number of hydrogen-bond acceptors (Lipinski definition) is 2. The number of nitrogens with zero attached hydrogens (tertiary/aromatic N) is 1. The van der Waals surface area contributed by atoms with Gasteiger partial charge in [-0.1, -0.05) is 61.4 Å². The van der Waals surface area contributed by atoms with Crippen LogP contribution in [-0.2, 0) is 0 Å². The van der Waals surface area contributed by atoms with Gasteiger partial charge in [-0.25, -0.2) is 0 Å². The predicted octanol–water partition coefficient (Wildman–Crippen LogP) is 5.95. The van der Waals surface area contributed by atoms with Crippen molar-refractivity contribution in [1.29, 1.82) is 0 Å². The van der Waals surface area contributed by atoms with E-state index in [1.165, 1.54) is 25.7 Å². The first-order valence-electron chi connectivity index (χ1n) is 7.66. The van der Waals surface area contributed by atoms with Crippen molar-refractivity contribution < 1.29 is 0 Å². The quantitative estimate of drug-likeness (QED) is 0.229. The van der Waals surface area contributed by atoms with Crippen LogP contribution >= 0.6 is 0 Å². The molecule has 0 saturated carbocycles. The number of unbranched alkanes of at least 4 members (excludes halogenated alkanes) is 5. The number of allylic oxidation sites excluding steroid dienone is 6. The van der Waals surface area contributed by atoms with Gasteiger partial charge in [0.15, 0.2) is 0 Å². The molecule has 0 rings (SSSR count). The first kappa shape index (κ1) is 17.8. The van der Waals surface area contributed by atoms with E-state index in [1.807, 2.05) is 0 Å². The molecular formula is C17H29NO. The Bertz CT molecular complexity index is 266. The molecule has 0 saturated heterocycles. The van der Waals surface area contributed by atoms with Crippen molar-refractivity contribution >= 4 is 0 Å². The summed E-state index contributed by atoms with van der Waals surface area (Å²) in [4.78, 5) is 9.86. The van der Waals surface area contributed by atoms with Crippen molar-refractivity contribution in [2.24, 2.45) is 5.18 Å². The maximum absolute atomic E-state index is 9.86. The van der Waals surface area contributed by atoms with E-state index in [0.29, 0.717) is 6.54 Å². The molecule has 0 heterocycles. The van der Waals surface area contributed by atoms with Gasteiger partial charge in [0, 0.05) is 0 Å². The topological polar surface area (TPSA) is 29.4 Å². The minimum absolute atomic E-state index is 0.457. The van der Waals surface area contributed by atoms with Crippen LogP contribution < -0.4 is 0 Å². The fraction of sp³-hybridized carbons (Fsp3) is 0.647. The van der Waals surface area contributed by atoms with E-state index >= 15 is 0 Å². The van der Waals surface area contributed by atoms with Crippen LogP contribution in [0.25, 0.3) is 0 Å². The molecule has 0 aliphatic rings. The minimum atomic E-state index is 0.457. The lowest BCUT2D eigenvalue weighted by Crippen LogP contribution is -1.77. The first-order chi connectivity index (χ1) is 9.41. The average molecular weight is 263 g/mol. The molecule has 0 aliphatic heterocycles. The molecule has 0 unspecified atom stereocenters. The maximum atomic E-state index is 9.86. The molecule has 108 valence electrons. The van der Waals surface area contributed by atoms with Gasteiger partial charge in [0.1, 0.15) is 0 Å². The summed E-state index contributed by atoms with van der Waals surface area (Å²) in [6.45, 7) is 2.69. The Labute approximate surface area is 118 Å². The summed E-state index contributed by atoms with van der Waals surface area (Å²) in [6.07, 6.45) is 23.6. The summed E-state index contributed by atoms with van der Waals surface area (Å²) in [5.41, 5.74) is 0. The minimum Gasteiger partial charge on any atom is -0.151 e. The van der Waals surface area contributed by atoms with E-state index in [9.17, 15) is 4.91 Å². The maximum Gasteiger partial charge on any atom is 0.0811 e. The van der Waals surface area contributed by atoms with E-state index < -0.39 is 0 Å². The van der Waals surface area contributed by atoms with Gasteiger partial charge in [0.25, 0.3) is 0 Å². The van der Waals surface area contributed by atoms with Crippen LogP contribution in [0.2, 0.25) is 0 Å². The Morgan fingerprint density at radius 1 is 0.737 bits per heavy atom. The third-order valence-corrected chi connectivity index (χ3v) is 2.89. The Kier molecular flexibility index (Phi) is 15.8. The van der Waals surface area contributed by atoms with Crippen LogP contribution in [0.15, 0.2) is 41.6 Å². The van der Waals surface area contributed by atoms with Crippen molar-refractivity contribution in [1.82, 2.24) is 0 Å². The Morgan fingerprint density at radius 2 is 1.26 bits per heavy atom. The molecule has 2 heteroatoms. The standard InChI is InChI=1S/C17H29NO/c1-2-3-4-5-6-7-8-9-10-11-12-13-14-15-16-17-18-19/h6-7,9-10,12-13H,2-5,8,11,14-17H2,1H3/b7-6-,10-9-,13-12-. The summed E-state index contributed by atoms with van der Waals surface area (Å²) in [5.74, 6) is 0. The van der Waals surface area contributed by atoms with Crippen LogP contribution in [0.5, 0.6) is 0 Å². The smallest absolute Gasteiger partial charge is 0.0811 e. The number of rotatable bonds is 13. The molecule has 0 atom stereocenters. The van der Waals surface area contributed by atoms with Crippen molar-refractivity contribution in [3.63, 3.8) is 0 Å². The Balaban J connectivity index is 3.28. The lowest BCUT2D eigenvalue weighted by Gasteiger charge is -1.91. The van der Waals surface area contributed by atoms with E-state index in [2.05, 4.69) is 48.6 Å². The molecule has 0 radical (unpaired) electrons. The van der Waals surface area contributed by atoms with Gasteiger partial charge in [-0.05, 0) is 44.9 Å². The summed E-state index contributed by atoms with van der Waals surface area (Å²) in [5, 5.41) is 2.84. The monoisotopic (exact) mass is 263 g/mol. The first-order valence-corrected chi connectivity index (χ1v) is 7.66. The summed E-state index contributed by atoms with van der Waals surface area (Å²) >= 11 is 0. The molecule has 0 fully saturated rings. The van der Waals surface area contributed by atoms with Crippen molar-refractivity contribution in [2.45, 2.75) is 64.7 Å². The second-order valence-corrected chi connectivity index (χ2v) is 4.73. The average Bonchev–Trinajstić information content (AvgIpc) is 2.43. The molecule has 0 aromatic rings. The Morgan fingerprint density at radius 3 is 1.79 bits per heavy atom. The fourth-order valence-corrected chi connectivity index (χ4v) is 1.73. The van der Waals surface area contributed by atoms with Gasteiger partial charge in [0.05, 0.1) is 6.54 Å². The zero-order valence-electron chi connectivity index (χ0n) is 12.4. The third-order valence-electron chi connectivity index (χ3n) is 2.89. The van der Waals surface area contributed by atoms with Crippen molar-refractivity contribution in [3.8, 4) is 0 Å². The van der Waals surface area contributed by atoms with E-state index in [0.717, 1.165) is 32.1 Å². The molecule has 0 amide bonds. The van der Waals surface area contributed by atoms with E-state index in [4.69, 9.17) is 0 Å². The van der Waals surface area contributed by atoms with Gasteiger partial charge >= 0.3 is 0 Å². The van der Waals surface area contributed by atoms with Crippen molar-refractivity contribution in [3.05, 3.63) is 41.4 Å². The summed E-state index contributed by atoms with van der Waals surface area (Å²) < 4.78 is 0. The molecule has 0 spiro atoms. The van der Waals surface area contributed by atoms with Crippen LogP contribution in [0.3, 0.4) is 0 Å². The highest BCUT2D eigenvalue weighted by molar-refractivity contribution is 4.97. The molecule has 0 aromatic carbocycles. The van der Waals surface area contributed by atoms with Crippen LogP contribution in [0, 0.1) is 4.91 Å². The third kappa shape index (κ3) is 16.8. The fourth-order valence-electron chi connectivity index (χ4n) is 1.73. The zero-order chi connectivity index (χ0) is 14.0. The van der Waals surface area contributed by atoms with Crippen molar-refractivity contribution in [2.75, 3.05) is 6.54 Å². The van der Waals surface area contributed by atoms with Gasteiger partial charge in [0.2, 0.25) is 0 Å². The summed E-state index contributed by atoms with van der Waals surface area (Å²) in [6, 6.07) is 0. The second kappa shape index (κ2) is 16.8. The number of hydrogen-bond donors (Lipinski definition) is 0. The second-order valence-electron chi connectivity index (χ2n) is 4.73. The molecule has 0 aliphatic carbocycles. The van der Waals surface area contributed by atoms with Crippen LogP contribution in [-0.4, -0.2) is 6.54 Å². The van der Waals surface area contributed by atoms with Gasteiger partial charge in [-0.3, -0.25) is 0 Å². The zero-order valence-corrected chi connectivity index (χ0v) is 12.4. The molecule has 2 nitrogen and oxygen atoms in total. The molecular weight excluding hydrogens is 234 g/mol. The van der Waals surface area contributed by atoms with Crippen LogP contribution in [0.1, 0.15) is 64.7 Å². The predicted molar refractivity (Wildman–Crippen MR) is 85.3 cm³/mol. The SMILES string of the molecule is CCCCC/C=C\C/C=C\C/C=C\CCCCN=O. The molecule has 0 N–H and O–H groups in total. The highest BCUT2D eigenvalue weighted by atomic mass is 16.3. The van der Waals surface area contributed by atoms with E-state index in [1.54, 1.807) is 0 Å². The normalized spacial score (nSPS) is 12.1. The van der Waals surface area contributed by atoms with Gasteiger partial charge < -0.3 is 0 Å². The van der Waals surface area contributed by atoms with E-state index in [-0.39, 0.29) is 0 Å². The highest BCUT2D eigenvalue weighted by Crippen LogP contribution is 2.01.